The Morgan fingerprint density at radius 1 is 0.377 bits per heavy atom. The predicted molar refractivity (Wildman–Crippen MR) is 257 cm³/mol. The van der Waals surface area contributed by atoms with Crippen molar-refractivity contribution in [3.63, 3.8) is 0 Å². The molecule has 10 aromatic carbocycles. The molecule has 2 heterocycles. The summed E-state index contributed by atoms with van der Waals surface area (Å²) < 4.78 is 88.6. The minimum atomic E-state index is -0.634. The highest BCUT2D eigenvalue weighted by Crippen LogP contribution is 2.43. The molecular formula is C58H38N2O. The summed E-state index contributed by atoms with van der Waals surface area (Å²) in [5.74, 6) is 0. The third kappa shape index (κ3) is 5.98. The van der Waals surface area contributed by atoms with Crippen LogP contribution in [0.15, 0.2) is 235 Å². The summed E-state index contributed by atoms with van der Waals surface area (Å²) >= 11 is 0. The van der Waals surface area contributed by atoms with E-state index in [1.807, 2.05) is 91.0 Å². The number of para-hydroxylation sites is 2. The van der Waals surface area contributed by atoms with E-state index < -0.39 is 59.9 Å². The molecule has 0 aliphatic rings. The average Bonchev–Trinajstić information content (AvgIpc) is 3.95. The van der Waals surface area contributed by atoms with Crippen molar-refractivity contribution in [3.8, 4) is 39.1 Å². The van der Waals surface area contributed by atoms with Crippen molar-refractivity contribution >= 4 is 71.6 Å². The van der Waals surface area contributed by atoms with Crippen molar-refractivity contribution in [3.05, 3.63) is 230 Å². The predicted octanol–water partition coefficient (Wildman–Crippen LogP) is 16.3. The van der Waals surface area contributed by atoms with E-state index in [9.17, 15) is 5.48 Å². The largest absolute Gasteiger partial charge is 0.456 e. The van der Waals surface area contributed by atoms with Gasteiger partial charge < -0.3 is 13.9 Å². The first-order chi connectivity index (χ1) is 34.0. The van der Waals surface area contributed by atoms with Crippen LogP contribution in [-0.4, -0.2) is 4.57 Å². The number of nitrogens with zero attached hydrogens (tertiary/aromatic N) is 2. The van der Waals surface area contributed by atoms with Crippen LogP contribution in [0.5, 0.6) is 0 Å². The van der Waals surface area contributed by atoms with Gasteiger partial charge in [-0.15, -0.1) is 0 Å². The first kappa shape index (κ1) is 26.8. The van der Waals surface area contributed by atoms with Gasteiger partial charge in [0, 0.05) is 44.3 Å². The molecule has 0 radical (unpaired) electrons. The number of anilines is 3. The fraction of sp³-hybridized carbons (Fsp3) is 0. The normalized spacial score (nSPS) is 13.7. The van der Waals surface area contributed by atoms with Crippen molar-refractivity contribution in [1.29, 1.82) is 0 Å². The van der Waals surface area contributed by atoms with Crippen LogP contribution in [0.25, 0.3) is 93.6 Å². The van der Waals surface area contributed by atoms with Gasteiger partial charge in [0.2, 0.25) is 0 Å². The van der Waals surface area contributed by atoms with E-state index in [0.717, 1.165) is 71.3 Å². The Kier molecular flexibility index (Phi) is 6.28. The molecule has 0 aliphatic carbocycles. The third-order valence-electron chi connectivity index (χ3n) is 11.5. The van der Waals surface area contributed by atoms with E-state index >= 15 is 0 Å². The minimum Gasteiger partial charge on any atom is -0.456 e. The molecule has 12 aromatic rings. The van der Waals surface area contributed by atoms with Crippen LogP contribution in [0, 0.1) is 0 Å². The summed E-state index contributed by atoms with van der Waals surface area (Å²) in [6.07, 6.45) is 0. The summed E-state index contributed by atoms with van der Waals surface area (Å²) in [7, 11) is 0. The van der Waals surface area contributed by atoms with Gasteiger partial charge in [0.05, 0.1) is 23.4 Å². The molecular weight excluding hydrogens is 741 g/mol. The maximum absolute atomic E-state index is 9.53. The van der Waals surface area contributed by atoms with E-state index in [2.05, 4.69) is 89.5 Å². The molecule has 61 heavy (non-hydrogen) atoms. The summed E-state index contributed by atoms with van der Waals surface area (Å²) in [6.45, 7) is 0. The Bertz CT molecular complexity index is 4050. The van der Waals surface area contributed by atoms with Crippen molar-refractivity contribution in [2.45, 2.75) is 0 Å². The molecule has 0 amide bonds. The van der Waals surface area contributed by atoms with E-state index in [1.54, 1.807) is 4.90 Å². The first-order valence-electron chi connectivity index (χ1n) is 24.6. The Hall–Kier alpha value is -8.14. The second-order valence-corrected chi connectivity index (χ2v) is 15.0. The van der Waals surface area contributed by atoms with Crippen molar-refractivity contribution < 1.29 is 16.8 Å². The summed E-state index contributed by atoms with van der Waals surface area (Å²) in [6, 6.07) is 53.9. The number of rotatable bonds is 7. The first-order valence-corrected chi connectivity index (χ1v) is 20.1. The smallest absolute Gasteiger partial charge is 0.136 e. The zero-order chi connectivity index (χ0) is 48.1. The van der Waals surface area contributed by atoms with Crippen molar-refractivity contribution in [2.75, 3.05) is 4.90 Å². The quantitative estimate of drug-likeness (QED) is 0.160. The number of furan rings is 1. The van der Waals surface area contributed by atoms with Gasteiger partial charge in [0.15, 0.2) is 0 Å². The molecule has 0 atom stereocenters. The van der Waals surface area contributed by atoms with Crippen molar-refractivity contribution in [1.82, 2.24) is 4.57 Å². The molecule has 286 valence electrons. The van der Waals surface area contributed by atoms with E-state index in [1.165, 1.54) is 0 Å². The molecule has 12 rings (SSSR count). The highest BCUT2D eigenvalue weighted by Gasteiger charge is 2.19. The molecule has 0 spiro atoms. The van der Waals surface area contributed by atoms with Gasteiger partial charge in [-0.2, -0.15) is 0 Å². The summed E-state index contributed by atoms with van der Waals surface area (Å²) in [4.78, 5) is 1.68. The number of hydrogen-bond acceptors (Lipinski definition) is 2. The van der Waals surface area contributed by atoms with Gasteiger partial charge in [-0.1, -0.05) is 145 Å². The Morgan fingerprint density at radius 2 is 0.984 bits per heavy atom. The van der Waals surface area contributed by atoms with Crippen LogP contribution < -0.4 is 4.90 Å². The molecule has 3 nitrogen and oxygen atoms in total. The summed E-state index contributed by atoms with van der Waals surface area (Å²) in [5.41, 5.74) is 8.80. The van der Waals surface area contributed by atoms with Gasteiger partial charge in [0.1, 0.15) is 11.2 Å². The van der Waals surface area contributed by atoms with Crippen LogP contribution in [-0.2, 0) is 0 Å². The van der Waals surface area contributed by atoms with Gasteiger partial charge >= 0.3 is 0 Å². The molecule has 0 unspecified atom stereocenters. The standard InChI is InChI=1S/C58H38N2O/c1-4-12-39(13-5-1)41-22-28-47(29-23-41)59(48-30-24-42(25-31-48)40-14-6-2-7-15-40)49-32-35-56-53(38-49)58-51-36-44(21-20-43(51)27-34-57(58)61-56)45-26-33-55-52(37-45)50-18-10-11-19-54(50)60(55)46-16-8-3-9-17-46/h1-38H/i1D,4D,5D,12D,13D,22D,23D,28D,29D. The third-order valence-corrected chi connectivity index (χ3v) is 11.5. The molecule has 0 N–H and O–H groups in total. The van der Waals surface area contributed by atoms with Crippen molar-refractivity contribution in [2.24, 2.45) is 0 Å². The Morgan fingerprint density at radius 3 is 1.79 bits per heavy atom. The minimum absolute atomic E-state index is 0.0816. The van der Waals surface area contributed by atoms with Gasteiger partial charge in [-0.25, -0.2) is 0 Å². The fourth-order valence-corrected chi connectivity index (χ4v) is 8.67. The lowest BCUT2D eigenvalue weighted by Crippen LogP contribution is -2.09. The van der Waals surface area contributed by atoms with Crippen LogP contribution in [0.4, 0.5) is 17.1 Å². The molecule has 0 saturated carbocycles. The lowest BCUT2D eigenvalue weighted by molar-refractivity contribution is 0.669. The average molecular weight is 788 g/mol. The van der Waals surface area contributed by atoms with Crippen LogP contribution >= 0.6 is 0 Å². The van der Waals surface area contributed by atoms with E-state index in [0.29, 0.717) is 22.5 Å². The molecule has 0 aliphatic heterocycles. The number of aromatic nitrogens is 1. The highest BCUT2D eigenvalue weighted by molar-refractivity contribution is 6.20. The Labute approximate surface area is 366 Å². The SMILES string of the molecule is [2H]c1c([2H])c([2H])c(-c2c([2H])c([2H])c(N(c3ccc(-c4ccccc4)cc3)c3ccc4oc5ccc6ccc(-c7ccc8c(c7)c7ccccc7n8-c7ccccc7)cc6c5c4c3)c([2H])c2[2H])c([2H])c1[2H]. The zero-order valence-corrected chi connectivity index (χ0v) is 32.5. The zero-order valence-electron chi connectivity index (χ0n) is 41.5. The fourth-order valence-electron chi connectivity index (χ4n) is 8.67. The number of benzene rings is 10. The monoisotopic (exact) mass is 787 g/mol. The highest BCUT2D eigenvalue weighted by atomic mass is 16.3. The van der Waals surface area contributed by atoms with Gasteiger partial charge in [-0.05, 0) is 129 Å². The second-order valence-electron chi connectivity index (χ2n) is 15.0. The molecule has 0 saturated heterocycles. The second kappa shape index (κ2) is 14.3. The van der Waals surface area contributed by atoms with Crippen LogP contribution in [0.2, 0.25) is 0 Å². The molecule has 3 heteroatoms. The van der Waals surface area contributed by atoms with E-state index in [4.69, 9.17) is 11.3 Å². The lowest BCUT2D eigenvalue weighted by Gasteiger charge is -2.26. The lowest BCUT2D eigenvalue weighted by atomic mass is 9.97. The number of fused-ring (bicyclic) bond motifs is 8. The maximum atomic E-state index is 9.53. The topological polar surface area (TPSA) is 21.3 Å². The number of hydrogen-bond donors (Lipinski definition) is 0. The van der Waals surface area contributed by atoms with Crippen LogP contribution in [0.3, 0.4) is 0 Å². The molecule has 0 fully saturated rings. The van der Waals surface area contributed by atoms with Gasteiger partial charge in [-0.3, -0.25) is 0 Å². The maximum Gasteiger partial charge on any atom is 0.136 e. The van der Waals surface area contributed by atoms with Crippen LogP contribution in [0.1, 0.15) is 12.3 Å². The Balaban J connectivity index is 1.05. The molecule has 0 bridgehead atoms. The summed E-state index contributed by atoms with van der Waals surface area (Å²) in [5, 5.41) is 5.90. The van der Waals surface area contributed by atoms with Gasteiger partial charge in [0.25, 0.3) is 0 Å². The van der Waals surface area contributed by atoms with E-state index in [-0.39, 0.29) is 11.3 Å². The molecule has 2 aromatic heterocycles.